The van der Waals surface area contributed by atoms with Crippen LogP contribution in [-0.4, -0.2) is 65.1 Å². The predicted octanol–water partition coefficient (Wildman–Crippen LogP) is -1.20. The average molecular weight is 224 g/mol. The van der Waals surface area contributed by atoms with E-state index < -0.39 is 30.7 Å². The van der Waals surface area contributed by atoms with E-state index in [1.165, 1.54) is 18.9 Å². The van der Waals surface area contributed by atoms with Crippen LogP contribution in [0.15, 0.2) is 0 Å². The van der Waals surface area contributed by atoms with E-state index in [1.807, 2.05) is 6.26 Å². The van der Waals surface area contributed by atoms with E-state index in [4.69, 9.17) is 9.47 Å². The number of aliphatic hydroxyl groups is 3. The molecule has 0 aromatic rings. The van der Waals surface area contributed by atoms with Gasteiger partial charge < -0.3 is 24.8 Å². The number of hydrogen-bond acceptors (Lipinski definition) is 6. The third kappa shape index (κ3) is 2.39. The molecule has 0 radical (unpaired) electrons. The Labute approximate surface area is 87.0 Å². The minimum Gasteiger partial charge on any atom is -0.388 e. The Morgan fingerprint density at radius 1 is 1.21 bits per heavy atom. The second-order valence-electron chi connectivity index (χ2n) is 3.21. The molecule has 0 amide bonds. The predicted molar refractivity (Wildman–Crippen MR) is 52.1 cm³/mol. The molecule has 0 spiro atoms. The molecule has 0 aromatic heterocycles. The highest BCUT2D eigenvalue weighted by Crippen LogP contribution is 2.23. The maximum Gasteiger partial charge on any atom is 0.186 e. The first-order chi connectivity index (χ1) is 6.61. The lowest BCUT2D eigenvalue weighted by Crippen LogP contribution is -2.58. The first-order valence-corrected chi connectivity index (χ1v) is 5.72. The van der Waals surface area contributed by atoms with Crippen LogP contribution in [0.3, 0.4) is 0 Å². The average Bonchev–Trinajstić information content (AvgIpc) is 2.19. The van der Waals surface area contributed by atoms with Gasteiger partial charge in [-0.25, -0.2) is 0 Å². The van der Waals surface area contributed by atoms with Crippen molar-refractivity contribution < 1.29 is 24.8 Å². The van der Waals surface area contributed by atoms with Crippen molar-refractivity contribution in [1.29, 1.82) is 0 Å². The van der Waals surface area contributed by atoms with E-state index >= 15 is 0 Å². The fraction of sp³-hybridized carbons (Fsp3) is 1.00. The molecule has 1 rings (SSSR count). The standard InChI is InChI=1S/C8H16O5S/c1-12-8-7(11)6(10)5(9)4(13-8)3-14-2/h4-11H,3H2,1-2H3/t4-,5-,6+,7-,8+/m1/s1. The zero-order chi connectivity index (χ0) is 10.7. The van der Waals surface area contributed by atoms with Gasteiger partial charge in [0.2, 0.25) is 0 Å². The van der Waals surface area contributed by atoms with Gasteiger partial charge in [-0.3, -0.25) is 0 Å². The summed E-state index contributed by atoms with van der Waals surface area (Å²) in [7, 11) is 1.38. The Morgan fingerprint density at radius 2 is 1.86 bits per heavy atom. The van der Waals surface area contributed by atoms with Crippen LogP contribution in [0.5, 0.6) is 0 Å². The number of methoxy groups -OCH3 is 1. The van der Waals surface area contributed by atoms with Gasteiger partial charge in [0.15, 0.2) is 6.29 Å². The van der Waals surface area contributed by atoms with Crippen molar-refractivity contribution in [2.24, 2.45) is 0 Å². The molecule has 84 valence electrons. The Balaban J connectivity index is 2.63. The maximum absolute atomic E-state index is 9.55. The van der Waals surface area contributed by atoms with Crippen LogP contribution in [0, 0.1) is 0 Å². The van der Waals surface area contributed by atoms with E-state index in [2.05, 4.69) is 0 Å². The van der Waals surface area contributed by atoms with Gasteiger partial charge in [-0.05, 0) is 6.26 Å². The number of ether oxygens (including phenoxy) is 2. The molecule has 1 heterocycles. The SMILES string of the molecule is CO[C@H]1O[C@H](CSC)[C@@H](O)[C@H](O)[C@H]1O. The molecule has 5 nitrogen and oxygen atoms in total. The fourth-order valence-electron chi connectivity index (χ4n) is 1.41. The van der Waals surface area contributed by atoms with Gasteiger partial charge in [-0.2, -0.15) is 11.8 Å². The summed E-state index contributed by atoms with van der Waals surface area (Å²) in [4.78, 5) is 0. The molecule has 1 aliphatic rings. The van der Waals surface area contributed by atoms with Crippen LogP contribution >= 0.6 is 11.8 Å². The van der Waals surface area contributed by atoms with Crippen LogP contribution < -0.4 is 0 Å². The van der Waals surface area contributed by atoms with Crippen molar-refractivity contribution in [2.45, 2.75) is 30.7 Å². The second-order valence-corrected chi connectivity index (χ2v) is 4.12. The topological polar surface area (TPSA) is 79.2 Å². The lowest BCUT2D eigenvalue weighted by molar-refractivity contribution is -0.284. The number of hydrogen-bond donors (Lipinski definition) is 3. The van der Waals surface area contributed by atoms with Crippen LogP contribution in [0.25, 0.3) is 0 Å². The highest BCUT2D eigenvalue weighted by atomic mass is 32.2. The fourth-order valence-corrected chi connectivity index (χ4v) is 2.02. The molecule has 5 atom stereocenters. The van der Waals surface area contributed by atoms with Gasteiger partial charge in [0, 0.05) is 12.9 Å². The van der Waals surface area contributed by atoms with Gasteiger partial charge in [-0.15, -0.1) is 0 Å². The third-order valence-corrected chi connectivity index (χ3v) is 2.89. The van der Waals surface area contributed by atoms with E-state index in [0.29, 0.717) is 5.75 Å². The van der Waals surface area contributed by atoms with E-state index in [1.54, 1.807) is 0 Å². The normalized spacial score (nSPS) is 43.9. The number of aliphatic hydroxyl groups excluding tert-OH is 3. The zero-order valence-corrected chi connectivity index (χ0v) is 8.98. The molecule has 1 aliphatic heterocycles. The number of rotatable bonds is 3. The molecule has 14 heavy (non-hydrogen) atoms. The number of thioether (sulfide) groups is 1. The van der Waals surface area contributed by atoms with Crippen LogP contribution in [0.1, 0.15) is 0 Å². The smallest absolute Gasteiger partial charge is 0.186 e. The first kappa shape index (κ1) is 12.2. The second kappa shape index (κ2) is 5.29. The van der Waals surface area contributed by atoms with Gasteiger partial charge in [0.05, 0.1) is 6.10 Å². The van der Waals surface area contributed by atoms with E-state index in [0.717, 1.165) is 0 Å². The molecular weight excluding hydrogens is 208 g/mol. The van der Waals surface area contributed by atoms with Crippen LogP contribution in [0.4, 0.5) is 0 Å². The summed E-state index contributed by atoms with van der Waals surface area (Å²) in [6, 6.07) is 0. The highest BCUT2D eigenvalue weighted by Gasteiger charge is 2.43. The minimum atomic E-state index is -1.22. The molecule has 0 unspecified atom stereocenters. The summed E-state index contributed by atoms with van der Waals surface area (Å²) in [5, 5.41) is 28.5. The lowest BCUT2D eigenvalue weighted by atomic mass is 10.00. The van der Waals surface area contributed by atoms with Crippen molar-refractivity contribution in [3.05, 3.63) is 0 Å². The summed E-state index contributed by atoms with van der Waals surface area (Å²) >= 11 is 1.49. The van der Waals surface area contributed by atoms with Crippen molar-refractivity contribution in [2.75, 3.05) is 19.1 Å². The molecule has 0 aliphatic carbocycles. The molecule has 0 bridgehead atoms. The van der Waals surface area contributed by atoms with E-state index in [9.17, 15) is 15.3 Å². The quantitative estimate of drug-likeness (QED) is 0.559. The summed E-state index contributed by atoms with van der Waals surface area (Å²) in [5.74, 6) is 0.546. The van der Waals surface area contributed by atoms with Crippen LogP contribution in [-0.2, 0) is 9.47 Å². The summed E-state index contributed by atoms with van der Waals surface area (Å²) in [5.41, 5.74) is 0. The Morgan fingerprint density at radius 3 is 2.36 bits per heavy atom. The van der Waals surface area contributed by atoms with Gasteiger partial charge in [-0.1, -0.05) is 0 Å². The largest absolute Gasteiger partial charge is 0.388 e. The van der Waals surface area contributed by atoms with Crippen LogP contribution in [0.2, 0.25) is 0 Å². The van der Waals surface area contributed by atoms with Crippen molar-refractivity contribution in [1.82, 2.24) is 0 Å². The van der Waals surface area contributed by atoms with Crippen molar-refractivity contribution in [3.8, 4) is 0 Å². The Hall–Kier alpha value is 0.150. The summed E-state index contributed by atoms with van der Waals surface area (Å²) in [6.07, 6.45) is -2.99. The van der Waals surface area contributed by atoms with Gasteiger partial charge >= 0.3 is 0 Å². The van der Waals surface area contributed by atoms with Gasteiger partial charge in [0.25, 0.3) is 0 Å². The highest BCUT2D eigenvalue weighted by molar-refractivity contribution is 7.98. The minimum absolute atomic E-state index is 0.506. The van der Waals surface area contributed by atoms with Crippen molar-refractivity contribution >= 4 is 11.8 Å². The molecule has 3 N–H and O–H groups in total. The molecule has 1 saturated heterocycles. The summed E-state index contributed by atoms with van der Waals surface area (Å²) < 4.78 is 10.1. The first-order valence-electron chi connectivity index (χ1n) is 4.33. The monoisotopic (exact) mass is 224 g/mol. The zero-order valence-electron chi connectivity index (χ0n) is 8.16. The Bertz CT molecular complexity index is 175. The molecule has 6 heteroatoms. The van der Waals surface area contributed by atoms with Gasteiger partial charge in [0.1, 0.15) is 18.3 Å². The third-order valence-electron chi connectivity index (χ3n) is 2.23. The lowest BCUT2D eigenvalue weighted by Gasteiger charge is -2.39. The maximum atomic E-state index is 9.55. The molecule has 0 aromatic carbocycles. The molecule has 1 fully saturated rings. The Kier molecular flexibility index (Phi) is 4.62. The summed E-state index contributed by atoms with van der Waals surface area (Å²) in [6.45, 7) is 0. The van der Waals surface area contributed by atoms with Crippen molar-refractivity contribution in [3.63, 3.8) is 0 Å². The molecular formula is C8H16O5S. The molecule has 0 saturated carbocycles. The van der Waals surface area contributed by atoms with E-state index in [-0.39, 0.29) is 0 Å².